The molecule has 2 aliphatic rings. The minimum Gasteiger partial charge on any atom is -0.365 e. The van der Waals surface area contributed by atoms with Crippen molar-refractivity contribution in [3.8, 4) is 0 Å². The molecule has 2 bridgehead atoms. The number of hydrogen-bond donors (Lipinski definition) is 1. The number of nitrogens with zero attached hydrogens (tertiary/aromatic N) is 1. The Morgan fingerprint density at radius 2 is 1.89 bits per heavy atom. The van der Waals surface area contributed by atoms with E-state index in [-0.39, 0.29) is 0 Å². The highest BCUT2D eigenvalue weighted by Gasteiger charge is 2.41. The lowest BCUT2D eigenvalue weighted by atomic mass is 9.89. The van der Waals surface area contributed by atoms with Gasteiger partial charge in [0.25, 0.3) is 0 Å². The van der Waals surface area contributed by atoms with E-state index >= 15 is 0 Å². The molecule has 0 spiro atoms. The van der Waals surface area contributed by atoms with Crippen LogP contribution in [-0.4, -0.2) is 18.6 Å². The molecular weight excluding hydrogens is 232 g/mol. The summed E-state index contributed by atoms with van der Waals surface area (Å²) in [7, 11) is 0. The second kappa shape index (κ2) is 5.16. The summed E-state index contributed by atoms with van der Waals surface area (Å²) in [5.41, 5.74) is 10.4. The van der Waals surface area contributed by atoms with Crippen molar-refractivity contribution in [3.05, 3.63) is 29.3 Å². The normalized spacial score (nSPS) is 29.8. The van der Waals surface area contributed by atoms with Crippen LogP contribution in [0.4, 0.5) is 5.69 Å². The van der Waals surface area contributed by atoms with E-state index < -0.39 is 0 Å². The fourth-order valence-electron chi connectivity index (χ4n) is 4.22. The number of benzene rings is 1. The average Bonchev–Trinajstić information content (AvgIpc) is 2.68. The Kier molecular flexibility index (Phi) is 3.53. The van der Waals surface area contributed by atoms with Crippen LogP contribution in [0.25, 0.3) is 0 Å². The van der Waals surface area contributed by atoms with Gasteiger partial charge in [-0.1, -0.05) is 25.1 Å². The van der Waals surface area contributed by atoms with Gasteiger partial charge in [-0.3, -0.25) is 0 Å². The molecule has 1 aromatic rings. The topological polar surface area (TPSA) is 29.3 Å². The first-order valence-electron chi connectivity index (χ1n) is 7.81. The molecule has 2 aliphatic heterocycles. The number of aryl methyl sites for hydroxylation is 2. The van der Waals surface area contributed by atoms with Crippen molar-refractivity contribution < 1.29 is 0 Å². The monoisotopic (exact) mass is 258 g/mol. The standard InChI is InChI=1S/C17H26N2/c1-3-14-6-4-5-12(2)17(14)19-15-7-8-16(19)10-13(9-15)11-18/h4-6,13,15-16H,3,7-11,18H2,1-2H3. The molecule has 0 aliphatic carbocycles. The Labute approximate surface area is 117 Å². The first-order chi connectivity index (χ1) is 9.24. The van der Waals surface area contributed by atoms with E-state index in [2.05, 4.69) is 36.9 Å². The van der Waals surface area contributed by atoms with Gasteiger partial charge in [0.05, 0.1) is 0 Å². The van der Waals surface area contributed by atoms with E-state index in [1.165, 1.54) is 42.5 Å². The Bertz CT molecular complexity index is 441. The Hall–Kier alpha value is -1.02. The molecule has 2 heterocycles. The van der Waals surface area contributed by atoms with Gasteiger partial charge in [-0.15, -0.1) is 0 Å². The lowest BCUT2D eigenvalue weighted by Crippen LogP contribution is -2.45. The fourth-order valence-corrected chi connectivity index (χ4v) is 4.22. The van der Waals surface area contributed by atoms with Crippen LogP contribution in [0.1, 0.15) is 43.7 Å². The van der Waals surface area contributed by atoms with Gasteiger partial charge in [0.15, 0.2) is 0 Å². The van der Waals surface area contributed by atoms with E-state index in [4.69, 9.17) is 5.73 Å². The fraction of sp³-hybridized carbons (Fsp3) is 0.647. The van der Waals surface area contributed by atoms with E-state index in [1.807, 2.05) is 0 Å². The van der Waals surface area contributed by atoms with Crippen molar-refractivity contribution >= 4 is 5.69 Å². The van der Waals surface area contributed by atoms with Gasteiger partial charge in [-0.05, 0) is 62.6 Å². The number of nitrogens with two attached hydrogens (primary N) is 1. The van der Waals surface area contributed by atoms with Crippen LogP contribution in [0.3, 0.4) is 0 Å². The highest BCUT2D eigenvalue weighted by atomic mass is 15.2. The summed E-state index contributed by atoms with van der Waals surface area (Å²) >= 11 is 0. The molecule has 19 heavy (non-hydrogen) atoms. The SMILES string of the molecule is CCc1cccc(C)c1N1C2CCC1CC(CN)C2. The van der Waals surface area contributed by atoms with Crippen LogP contribution in [0.2, 0.25) is 0 Å². The summed E-state index contributed by atoms with van der Waals surface area (Å²) in [5.74, 6) is 0.753. The van der Waals surface area contributed by atoms with Gasteiger partial charge in [-0.25, -0.2) is 0 Å². The van der Waals surface area contributed by atoms with Crippen molar-refractivity contribution in [1.82, 2.24) is 0 Å². The first kappa shape index (κ1) is 13.0. The lowest BCUT2D eigenvalue weighted by Gasteiger charge is -2.42. The number of hydrogen-bond acceptors (Lipinski definition) is 2. The van der Waals surface area contributed by atoms with Gasteiger partial charge >= 0.3 is 0 Å². The second-order valence-corrected chi connectivity index (χ2v) is 6.30. The maximum absolute atomic E-state index is 5.91. The Balaban J connectivity index is 1.96. The molecular formula is C17H26N2. The largest absolute Gasteiger partial charge is 0.365 e. The van der Waals surface area contributed by atoms with Crippen molar-refractivity contribution in [3.63, 3.8) is 0 Å². The van der Waals surface area contributed by atoms with Crippen LogP contribution in [0.15, 0.2) is 18.2 Å². The third kappa shape index (κ3) is 2.16. The van der Waals surface area contributed by atoms with Gasteiger partial charge in [-0.2, -0.15) is 0 Å². The van der Waals surface area contributed by atoms with Crippen LogP contribution in [0, 0.1) is 12.8 Å². The predicted molar refractivity (Wildman–Crippen MR) is 81.6 cm³/mol. The smallest absolute Gasteiger partial charge is 0.0433 e. The number of rotatable bonds is 3. The summed E-state index contributed by atoms with van der Waals surface area (Å²) in [5, 5.41) is 0. The van der Waals surface area contributed by atoms with Gasteiger partial charge < -0.3 is 10.6 Å². The Morgan fingerprint density at radius 1 is 1.21 bits per heavy atom. The Morgan fingerprint density at radius 3 is 2.47 bits per heavy atom. The van der Waals surface area contributed by atoms with Crippen LogP contribution < -0.4 is 10.6 Å². The molecule has 2 heteroatoms. The zero-order chi connectivity index (χ0) is 13.4. The van der Waals surface area contributed by atoms with Gasteiger partial charge in [0, 0.05) is 17.8 Å². The molecule has 0 radical (unpaired) electrons. The highest BCUT2D eigenvalue weighted by molar-refractivity contribution is 5.62. The van der Waals surface area contributed by atoms with Gasteiger partial charge in [0.2, 0.25) is 0 Å². The summed E-state index contributed by atoms with van der Waals surface area (Å²) in [6.45, 7) is 5.41. The van der Waals surface area contributed by atoms with Crippen molar-refractivity contribution in [1.29, 1.82) is 0 Å². The number of fused-ring (bicyclic) bond motifs is 2. The molecule has 0 saturated carbocycles. The minimum atomic E-state index is 0.735. The molecule has 0 aromatic heterocycles. The van der Waals surface area contributed by atoms with E-state index in [0.29, 0.717) is 0 Å². The maximum Gasteiger partial charge on any atom is 0.0433 e. The molecule has 3 rings (SSSR count). The second-order valence-electron chi connectivity index (χ2n) is 6.30. The zero-order valence-electron chi connectivity index (χ0n) is 12.2. The molecule has 2 atom stereocenters. The molecule has 104 valence electrons. The summed E-state index contributed by atoms with van der Waals surface area (Å²) < 4.78 is 0. The van der Waals surface area contributed by atoms with Crippen molar-refractivity contribution in [2.45, 2.75) is 58.0 Å². The summed E-state index contributed by atoms with van der Waals surface area (Å²) in [6, 6.07) is 8.24. The number of piperidine rings is 1. The first-order valence-corrected chi connectivity index (χ1v) is 7.81. The number of anilines is 1. The molecule has 1 aromatic carbocycles. The van der Waals surface area contributed by atoms with Crippen LogP contribution in [-0.2, 0) is 6.42 Å². The molecule has 2 unspecified atom stereocenters. The van der Waals surface area contributed by atoms with Crippen molar-refractivity contribution in [2.75, 3.05) is 11.4 Å². The summed E-state index contributed by atoms with van der Waals surface area (Å²) in [4.78, 5) is 2.75. The van der Waals surface area contributed by atoms with E-state index in [9.17, 15) is 0 Å². The third-order valence-electron chi connectivity index (χ3n) is 5.12. The van der Waals surface area contributed by atoms with E-state index in [1.54, 1.807) is 0 Å². The third-order valence-corrected chi connectivity index (χ3v) is 5.12. The zero-order valence-corrected chi connectivity index (χ0v) is 12.2. The number of para-hydroxylation sites is 1. The molecule has 0 amide bonds. The van der Waals surface area contributed by atoms with E-state index in [0.717, 1.165) is 31.0 Å². The minimum absolute atomic E-state index is 0.735. The quantitative estimate of drug-likeness (QED) is 0.901. The predicted octanol–water partition coefficient (Wildman–Crippen LogP) is 3.26. The lowest BCUT2D eigenvalue weighted by molar-refractivity contribution is 0.346. The van der Waals surface area contributed by atoms with Gasteiger partial charge in [0.1, 0.15) is 0 Å². The highest BCUT2D eigenvalue weighted by Crippen LogP contribution is 2.43. The molecule has 2 nitrogen and oxygen atoms in total. The average molecular weight is 258 g/mol. The maximum atomic E-state index is 5.91. The van der Waals surface area contributed by atoms with Crippen LogP contribution in [0.5, 0.6) is 0 Å². The van der Waals surface area contributed by atoms with Crippen LogP contribution >= 0.6 is 0 Å². The molecule has 2 saturated heterocycles. The van der Waals surface area contributed by atoms with Crippen molar-refractivity contribution in [2.24, 2.45) is 11.7 Å². The molecule has 2 N–H and O–H groups in total. The summed E-state index contributed by atoms with van der Waals surface area (Å²) in [6.07, 6.45) is 6.44. The molecule has 2 fully saturated rings.